The van der Waals surface area contributed by atoms with Crippen LogP contribution in [0.5, 0.6) is 0 Å². The Bertz CT molecular complexity index is 485. The maximum absolute atomic E-state index is 12.7. The Morgan fingerprint density at radius 2 is 2.16 bits per heavy atom. The fourth-order valence-electron chi connectivity index (χ4n) is 2.41. The average Bonchev–Trinajstić information content (AvgIpc) is 2.31. The van der Waals surface area contributed by atoms with Gasteiger partial charge in [0.25, 0.3) is 0 Å². The fourth-order valence-corrected chi connectivity index (χ4v) is 2.59. The summed E-state index contributed by atoms with van der Waals surface area (Å²) in [5.74, 6) is 0.407. The molecule has 19 heavy (non-hydrogen) atoms. The number of hydrogen-bond acceptors (Lipinski definition) is 3. The summed E-state index contributed by atoms with van der Waals surface area (Å²) in [5, 5.41) is 7.71. The molecular weight excluding hydrogens is 260 g/mol. The highest BCUT2D eigenvalue weighted by Crippen LogP contribution is 2.34. The number of anilines is 1. The van der Waals surface area contributed by atoms with E-state index in [9.17, 15) is 4.79 Å². The zero-order valence-electron chi connectivity index (χ0n) is 11.7. The van der Waals surface area contributed by atoms with Crippen LogP contribution >= 0.6 is 11.6 Å². The molecule has 1 aromatic carbocycles. The Labute approximate surface area is 119 Å². The van der Waals surface area contributed by atoms with Gasteiger partial charge in [-0.1, -0.05) is 32.4 Å². The van der Waals surface area contributed by atoms with Crippen LogP contribution in [-0.2, 0) is 0 Å². The smallest absolute Gasteiger partial charge is 0.169 e. The van der Waals surface area contributed by atoms with Crippen molar-refractivity contribution in [1.29, 1.82) is 5.41 Å². The number of carbonyl (C=O) groups excluding carboxylic acids is 1. The van der Waals surface area contributed by atoms with Gasteiger partial charge in [-0.05, 0) is 43.2 Å². The van der Waals surface area contributed by atoms with Crippen LogP contribution in [0.2, 0.25) is 5.02 Å². The summed E-state index contributed by atoms with van der Waals surface area (Å²) in [5.41, 5.74) is 6.13. The van der Waals surface area contributed by atoms with Gasteiger partial charge in [0.15, 0.2) is 5.78 Å². The fraction of sp³-hybridized carbons (Fsp3) is 0.467. The zero-order chi connectivity index (χ0) is 14.6. The number of carbonyl (C=O) groups is 1. The van der Waals surface area contributed by atoms with Crippen LogP contribution in [0.4, 0.5) is 5.69 Å². The summed E-state index contributed by atoms with van der Waals surface area (Å²) < 4.78 is 0. The van der Waals surface area contributed by atoms with Gasteiger partial charge in [0.1, 0.15) is 0 Å². The number of halogens is 1. The largest absolute Gasteiger partial charge is 0.398 e. The van der Waals surface area contributed by atoms with Gasteiger partial charge in [-0.25, -0.2) is 0 Å². The first-order chi connectivity index (χ1) is 8.80. The second-order valence-electron chi connectivity index (χ2n) is 5.63. The summed E-state index contributed by atoms with van der Waals surface area (Å²) in [6, 6.07) is 4.96. The van der Waals surface area contributed by atoms with Gasteiger partial charge in [0.2, 0.25) is 0 Å². The highest BCUT2D eigenvalue weighted by molar-refractivity contribution is 6.33. The lowest BCUT2D eigenvalue weighted by Crippen LogP contribution is -2.30. The molecule has 4 heteroatoms. The number of rotatable bonds is 6. The van der Waals surface area contributed by atoms with E-state index in [1.54, 1.807) is 18.2 Å². The maximum atomic E-state index is 12.7. The van der Waals surface area contributed by atoms with E-state index in [0.717, 1.165) is 6.42 Å². The third-order valence-corrected chi connectivity index (χ3v) is 3.55. The summed E-state index contributed by atoms with van der Waals surface area (Å²) in [6.45, 7) is 6.06. The van der Waals surface area contributed by atoms with Crippen LogP contribution < -0.4 is 5.73 Å². The Morgan fingerprint density at radius 1 is 1.53 bits per heavy atom. The molecule has 104 valence electrons. The third kappa shape index (κ3) is 3.80. The van der Waals surface area contributed by atoms with Crippen molar-refractivity contribution in [3.63, 3.8) is 0 Å². The molecule has 0 bridgehead atoms. The van der Waals surface area contributed by atoms with Crippen LogP contribution in [0.15, 0.2) is 18.2 Å². The molecule has 0 saturated heterocycles. The Hall–Kier alpha value is -1.35. The molecule has 0 heterocycles. The minimum absolute atomic E-state index is 0.0200. The molecule has 0 radical (unpaired) electrons. The van der Waals surface area contributed by atoms with Crippen LogP contribution in [-0.4, -0.2) is 12.0 Å². The lowest BCUT2D eigenvalue weighted by atomic mass is 9.74. The number of hydrogen-bond donors (Lipinski definition) is 2. The van der Waals surface area contributed by atoms with E-state index in [4.69, 9.17) is 22.7 Å². The highest BCUT2D eigenvalue weighted by atomic mass is 35.5. The summed E-state index contributed by atoms with van der Waals surface area (Å²) in [4.78, 5) is 12.7. The number of nitrogens with two attached hydrogens (primary N) is 1. The highest BCUT2D eigenvalue weighted by Gasteiger charge is 2.33. The molecule has 0 fully saturated rings. The van der Waals surface area contributed by atoms with Crippen molar-refractivity contribution in [1.82, 2.24) is 0 Å². The monoisotopic (exact) mass is 280 g/mol. The SMILES string of the molecule is CC(C)CC(C)(CC=N)C(=O)c1ccc(N)c(Cl)c1. The van der Waals surface area contributed by atoms with E-state index in [0.29, 0.717) is 28.6 Å². The minimum atomic E-state index is -0.560. The van der Waals surface area contributed by atoms with E-state index in [1.165, 1.54) is 6.21 Å². The first kappa shape index (κ1) is 15.7. The third-order valence-electron chi connectivity index (χ3n) is 3.22. The lowest BCUT2D eigenvalue weighted by Gasteiger charge is -2.28. The van der Waals surface area contributed by atoms with Crippen molar-refractivity contribution in [3.05, 3.63) is 28.8 Å². The molecule has 1 rings (SSSR count). The molecule has 0 aromatic heterocycles. The normalized spacial score (nSPS) is 14.2. The molecule has 0 spiro atoms. The van der Waals surface area contributed by atoms with Crippen molar-refractivity contribution < 1.29 is 4.79 Å². The van der Waals surface area contributed by atoms with Crippen molar-refractivity contribution in [2.75, 3.05) is 5.73 Å². The van der Waals surface area contributed by atoms with Crippen LogP contribution in [0, 0.1) is 16.7 Å². The van der Waals surface area contributed by atoms with Gasteiger partial charge in [0, 0.05) is 11.0 Å². The molecule has 0 aliphatic heterocycles. The van der Waals surface area contributed by atoms with E-state index in [-0.39, 0.29) is 5.78 Å². The number of nitrogen functional groups attached to an aromatic ring is 1. The average molecular weight is 281 g/mol. The second kappa shape index (κ2) is 6.20. The molecule has 1 unspecified atom stereocenters. The molecule has 0 saturated carbocycles. The van der Waals surface area contributed by atoms with Crippen LogP contribution in [0.25, 0.3) is 0 Å². The second-order valence-corrected chi connectivity index (χ2v) is 6.04. The standard InChI is InChI=1S/C15H21ClN2O/c1-10(2)9-15(3,6-7-17)14(19)11-4-5-13(18)12(16)8-11/h4-5,7-8,10,17H,6,9,18H2,1-3H3. The maximum Gasteiger partial charge on any atom is 0.169 e. The van der Waals surface area contributed by atoms with E-state index >= 15 is 0 Å². The Balaban J connectivity index is 3.11. The summed E-state index contributed by atoms with van der Waals surface area (Å²) >= 11 is 5.97. The Morgan fingerprint density at radius 3 is 2.63 bits per heavy atom. The molecule has 3 N–H and O–H groups in total. The number of nitrogens with one attached hydrogen (secondary N) is 1. The van der Waals surface area contributed by atoms with Crippen molar-refractivity contribution in [2.24, 2.45) is 11.3 Å². The van der Waals surface area contributed by atoms with Crippen molar-refractivity contribution in [3.8, 4) is 0 Å². The summed E-state index contributed by atoms with van der Waals surface area (Å²) in [7, 11) is 0. The van der Waals surface area contributed by atoms with Gasteiger partial charge >= 0.3 is 0 Å². The quantitative estimate of drug-likeness (QED) is 0.466. The summed E-state index contributed by atoms with van der Waals surface area (Å²) in [6.07, 6.45) is 2.48. The topological polar surface area (TPSA) is 66.9 Å². The number of ketones is 1. The number of benzene rings is 1. The number of Topliss-reactive ketones (excluding diaryl/α,β-unsaturated/α-hetero) is 1. The molecule has 0 aliphatic rings. The van der Waals surface area contributed by atoms with Crippen molar-refractivity contribution in [2.45, 2.75) is 33.6 Å². The zero-order valence-corrected chi connectivity index (χ0v) is 12.4. The molecular formula is C15H21ClN2O. The predicted octanol–water partition coefficient (Wildman–Crippen LogP) is 4.20. The van der Waals surface area contributed by atoms with Gasteiger partial charge in [-0.3, -0.25) is 4.79 Å². The van der Waals surface area contributed by atoms with Crippen LogP contribution in [0.3, 0.4) is 0 Å². The minimum Gasteiger partial charge on any atom is -0.398 e. The van der Waals surface area contributed by atoms with Gasteiger partial charge in [0.05, 0.1) is 10.7 Å². The van der Waals surface area contributed by atoms with E-state index in [1.807, 2.05) is 6.92 Å². The molecule has 1 aromatic rings. The van der Waals surface area contributed by atoms with Crippen LogP contribution in [0.1, 0.15) is 44.0 Å². The van der Waals surface area contributed by atoms with E-state index in [2.05, 4.69) is 13.8 Å². The molecule has 0 amide bonds. The lowest BCUT2D eigenvalue weighted by molar-refractivity contribution is 0.0792. The van der Waals surface area contributed by atoms with E-state index < -0.39 is 5.41 Å². The molecule has 1 atom stereocenters. The molecule has 0 aliphatic carbocycles. The Kier molecular flexibility index (Phi) is 5.12. The first-order valence-corrected chi connectivity index (χ1v) is 6.76. The predicted molar refractivity (Wildman–Crippen MR) is 81.2 cm³/mol. The van der Waals surface area contributed by atoms with Gasteiger partial charge < -0.3 is 11.1 Å². The molecule has 3 nitrogen and oxygen atoms in total. The first-order valence-electron chi connectivity index (χ1n) is 6.39. The van der Waals surface area contributed by atoms with Crippen molar-refractivity contribution >= 4 is 29.3 Å². The van der Waals surface area contributed by atoms with Gasteiger partial charge in [-0.2, -0.15) is 0 Å². The van der Waals surface area contributed by atoms with Gasteiger partial charge in [-0.15, -0.1) is 0 Å².